The van der Waals surface area contributed by atoms with Crippen molar-refractivity contribution in [2.75, 3.05) is 18.5 Å². The molecule has 0 bridgehead atoms. The maximum absolute atomic E-state index is 12.9. The van der Waals surface area contributed by atoms with Crippen LogP contribution in [0, 0.1) is 6.92 Å². The van der Waals surface area contributed by atoms with Crippen LogP contribution in [0.1, 0.15) is 53.1 Å². The number of benzene rings is 2. The van der Waals surface area contributed by atoms with Crippen molar-refractivity contribution >= 4 is 28.4 Å². The SMILES string of the molecule is CCn1c(C(=O)NC[C@@]2(C)CCCO2)cc2cc(NC(=O)c3ccc(C)cc3)ccc21. The average molecular weight is 420 g/mol. The molecule has 0 aliphatic carbocycles. The lowest BCUT2D eigenvalue weighted by Gasteiger charge is -2.23. The smallest absolute Gasteiger partial charge is 0.268 e. The number of amides is 2. The molecule has 31 heavy (non-hydrogen) atoms. The molecule has 1 atom stereocenters. The van der Waals surface area contributed by atoms with Gasteiger partial charge in [-0.15, -0.1) is 0 Å². The predicted molar refractivity (Wildman–Crippen MR) is 123 cm³/mol. The van der Waals surface area contributed by atoms with Crippen molar-refractivity contribution in [1.29, 1.82) is 0 Å². The quantitative estimate of drug-likeness (QED) is 0.617. The van der Waals surface area contributed by atoms with Gasteiger partial charge < -0.3 is 19.9 Å². The molecule has 2 aromatic carbocycles. The lowest BCUT2D eigenvalue weighted by atomic mass is 10.0. The Kier molecular flexibility index (Phi) is 5.83. The van der Waals surface area contributed by atoms with E-state index in [2.05, 4.69) is 10.6 Å². The van der Waals surface area contributed by atoms with Gasteiger partial charge in [-0.25, -0.2) is 0 Å². The van der Waals surface area contributed by atoms with Crippen molar-refractivity contribution in [3.63, 3.8) is 0 Å². The fourth-order valence-electron chi connectivity index (χ4n) is 4.12. The Labute approximate surface area is 182 Å². The van der Waals surface area contributed by atoms with E-state index in [1.807, 2.05) is 73.9 Å². The third-order valence-electron chi connectivity index (χ3n) is 5.95. The second-order valence-corrected chi connectivity index (χ2v) is 8.45. The van der Waals surface area contributed by atoms with Gasteiger partial charge in [0.2, 0.25) is 0 Å². The van der Waals surface area contributed by atoms with Gasteiger partial charge in [0.05, 0.1) is 5.60 Å². The molecule has 0 spiro atoms. The number of ether oxygens (including phenoxy) is 1. The van der Waals surface area contributed by atoms with E-state index < -0.39 is 0 Å². The minimum Gasteiger partial charge on any atom is -0.373 e. The van der Waals surface area contributed by atoms with Crippen LogP contribution in [0.25, 0.3) is 10.9 Å². The molecular formula is C25H29N3O3. The fraction of sp³-hybridized carbons (Fsp3) is 0.360. The third-order valence-corrected chi connectivity index (χ3v) is 5.95. The van der Waals surface area contributed by atoms with E-state index in [0.717, 1.165) is 35.9 Å². The van der Waals surface area contributed by atoms with Gasteiger partial charge in [0.25, 0.3) is 11.8 Å². The second kappa shape index (κ2) is 8.55. The van der Waals surface area contributed by atoms with Gasteiger partial charge in [-0.2, -0.15) is 0 Å². The van der Waals surface area contributed by atoms with Gasteiger partial charge in [0, 0.05) is 41.9 Å². The molecule has 6 nitrogen and oxygen atoms in total. The molecule has 3 aromatic rings. The van der Waals surface area contributed by atoms with Gasteiger partial charge >= 0.3 is 0 Å². The number of fused-ring (bicyclic) bond motifs is 1. The van der Waals surface area contributed by atoms with E-state index in [0.29, 0.717) is 30.0 Å². The van der Waals surface area contributed by atoms with E-state index in [1.165, 1.54) is 0 Å². The minimum absolute atomic E-state index is 0.111. The summed E-state index contributed by atoms with van der Waals surface area (Å²) in [6.07, 6.45) is 1.98. The first-order chi connectivity index (χ1) is 14.9. The maximum Gasteiger partial charge on any atom is 0.268 e. The molecule has 2 N–H and O–H groups in total. The van der Waals surface area contributed by atoms with Gasteiger partial charge in [0.15, 0.2) is 0 Å². The van der Waals surface area contributed by atoms with Crippen LogP contribution in [-0.2, 0) is 11.3 Å². The largest absolute Gasteiger partial charge is 0.373 e. The first-order valence-corrected chi connectivity index (χ1v) is 10.8. The van der Waals surface area contributed by atoms with Crippen molar-refractivity contribution < 1.29 is 14.3 Å². The highest BCUT2D eigenvalue weighted by Gasteiger charge is 2.30. The molecule has 1 saturated heterocycles. The molecule has 1 aliphatic rings. The number of aromatic nitrogens is 1. The molecular weight excluding hydrogens is 390 g/mol. The molecule has 2 heterocycles. The molecule has 2 amide bonds. The van der Waals surface area contributed by atoms with Crippen molar-refractivity contribution in [2.24, 2.45) is 0 Å². The number of nitrogens with zero attached hydrogens (tertiary/aromatic N) is 1. The van der Waals surface area contributed by atoms with Gasteiger partial charge in [-0.1, -0.05) is 17.7 Å². The summed E-state index contributed by atoms with van der Waals surface area (Å²) in [6, 6.07) is 15.1. The molecule has 162 valence electrons. The lowest BCUT2D eigenvalue weighted by molar-refractivity contribution is 0.0205. The first-order valence-electron chi connectivity index (χ1n) is 10.8. The zero-order valence-corrected chi connectivity index (χ0v) is 18.3. The summed E-state index contributed by atoms with van der Waals surface area (Å²) in [5, 5.41) is 6.90. The second-order valence-electron chi connectivity index (χ2n) is 8.45. The fourth-order valence-corrected chi connectivity index (χ4v) is 4.12. The molecule has 1 aliphatic heterocycles. The van der Waals surface area contributed by atoms with Crippen molar-refractivity contribution in [1.82, 2.24) is 9.88 Å². The topological polar surface area (TPSA) is 72.4 Å². The molecule has 0 unspecified atom stereocenters. The standard InChI is InChI=1S/C25H29N3O3/c1-4-28-21-11-10-20(27-23(29)18-8-6-17(2)7-9-18)14-19(21)15-22(28)24(30)26-16-25(3)12-5-13-31-25/h6-11,14-15H,4-5,12-13,16H2,1-3H3,(H,26,30)(H,27,29)/t25-/m1/s1. The summed E-state index contributed by atoms with van der Waals surface area (Å²) < 4.78 is 7.77. The van der Waals surface area contributed by atoms with E-state index in [-0.39, 0.29) is 17.4 Å². The van der Waals surface area contributed by atoms with Crippen molar-refractivity contribution in [3.8, 4) is 0 Å². The average Bonchev–Trinajstić information content (AvgIpc) is 3.36. The Morgan fingerprint density at radius 3 is 2.55 bits per heavy atom. The molecule has 6 heteroatoms. The summed E-state index contributed by atoms with van der Waals surface area (Å²) in [5.41, 5.74) is 3.71. The zero-order valence-electron chi connectivity index (χ0n) is 18.3. The molecule has 4 rings (SSSR count). The third kappa shape index (κ3) is 4.49. The zero-order chi connectivity index (χ0) is 22.0. The Balaban J connectivity index is 1.53. The Hall–Kier alpha value is -3.12. The summed E-state index contributed by atoms with van der Waals surface area (Å²) in [4.78, 5) is 25.5. The number of carbonyl (C=O) groups excluding carboxylic acids is 2. The minimum atomic E-state index is -0.286. The molecule has 1 aromatic heterocycles. The highest BCUT2D eigenvalue weighted by Crippen LogP contribution is 2.26. The molecule has 1 fully saturated rings. The van der Waals surface area contributed by atoms with E-state index >= 15 is 0 Å². The summed E-state index contributed by atoms with van der Waals surface area (Å²) in [7, 11) is 0. The predicted octanol–water partition coefficient (Wildman–Crippen LogP) is 4.52. The number of anilines is 1. The van der Waals surface area contributed by atoms with E-state index in [1.54, 1.807) is 0 Å². The highest BCUT2D eigenvalue weighted by molar-refractivity contribution is 6.06. The Morgan fingerprint density at radius 1 is 1.10 bits per heavy atom. The number of rotatable bonds is 6. The summed E-state index contributed by atoms with van der Waals surface area (Å²) in [6.45, 7) is 7.97. The Bertz CT molecular complexity index is 1110. The molecule has 0 saturated carbocycles. The first kappa shape index (κ1) is 21.1. The number of nitrogens with one attached hydrogen (secondary N) is 2. The van der Waals surface area contributed by atoms with Crippen LogP contribution in [0.2, 0.25) is 0 Å². The number of aryl methyl sites for hydroxylation is 2. The van der Waals surface area contributed by atoms with E-state index in [9.17, 15) is 9.59 Å². The van der Waals surface area contributed by atoms with Gasteiger partial charge in [-0.3, -0.25) is 9.59 Å². The van der Waals surface area contributed by atoms with Gasteiger partial charge in [-0.05, 0) is 70.0 Å². The van der Waals surface area contributed by atoms with Crippen LogP contribution in [0.3, 0.4) is 0 Å². The molecule has 0 radical (unpaired) electrons. The lowest BCUT2D eigenvalue weighted by Crippen LogP contribution is -2.40. The monoisotopic (exact) mass is 419 g/mol. The van der Waals surface area contributed by atoms with Crippen molar-refractivity contribution in [3.05, 3.63) is 65.4 Å². The van der Waals surface area contributed by atoms with Crippen LogP contribution in [0.15, 0.2) is 48.5 Å². The van der Waals surface area contributed by atoms with Crippen LogP contribution >= 0.6 is 0 Å². The van der Waals surface area contributed by atoms with Crippen molar-refractivity contribution in [2.45, 2.75) is 45.8 Å². The van der Waals surface area contributed by atoms with E-state index in [4.69, 9.17) is 4.74 Å². The van der Waals surface area contributed by atoms with Crippen LogP contribution < -0.4 is 10.6 Å². The van der Waals surface area contributed by atoms with Crippen LogP contribution in [0.4, 0.5) is 5.69 Å². The summed E-state index contributed by atoms with van der Waals surface area (Å²) >= 11 is 0. The normalized spacial score (nSPS) is 18.3. The summed E-state index contributed by atoms with van der Waals surface area (Å²) in [5.74, 6) is -0.267. The number of hydrogen-bond acceptors (Lipinski definition) is 3. The van der Waals surface area contributed by atoms with Crippen LogP contribution in [0.5, 0.6) is 0 Å². The van der Waals surface area contributed by atoms with Crippen LogP contribution in [-0.4, -0.2) is 35.1 Å². The number of hydrogen-bond donors (Lipinski definition) is 2. The maximum atomic E-state index is 12.9. The number of carbonyl (C=O) groups is 2. The highest BCUT2D eigenvalue weighted by atomic mass is 16.5. The van der Waals surface area contributed by atoms with Gasteiger partial charge in [0.1, 0.15) is 5.69 Å². The Morgan fingerprint density at radius 2 is 1.87 bits per heavy atom.